The van der Waals surface area contributed by atoms with Gasteiger partial charge in [-0.25, -0.2) is 0 Å². The zero-order valence-electron chi connectivity index (χ0n) is 13.8. The van der Waals surface area contributed by atoms with Crippen LogP contribution in [-0.2, 0) is 16.1 Å². The van der Waals surface area contributed by atoms with Crippen LogP contribution < -0.4 is 0 Å². The lowest BCUT2D eigenvalue weighted by molar-refractivity contribution is -0.133. The standard InChI is InChI=1S/C19H20N2O3S/c22-18(12-25-13-19(23)24)21(17-6-7-17)11-14-3-1-4-15(9-14)16-5-2-8-20-10-16/h1-5,8-10,17H,6-7,11-13H2,(H,23,24). The number of hydrogen-bond donors (Lipinski definition) is 1. The molecule has 0 aliphatic heterocycles. The highest BCUT2D eigenvalue weighted by atomic mass is 32.2. The molecular formula is C19H20N2O3S. The first-order valence-corrected chi connectivity index (χ1v) is 9.37. The summed E-state index contributed by atoms with van der Waals surface area (Å²) in [7, 11) is 0. The van der Waals surface area contributed by atoms with Crippen LogP contribution in [0.3, 0.4) is 0 Å². The van der Waals surface area contributed by atoms with E-state index in [-0.39, 0.29) is 17.4 Å². The van der Waals surface area contributed by atoms with Crippen molar-refractivity contribution in [3.8, 4) is 11.1 Å². The van der Waals surface area contributed by atoms with Crippen molar-refractivity contribution in [2.45, 2.75) is 25.4 Å². The highest BCUT2D eigenvalue weighted by Gasteiger charge is 2.32. The predicted octanol–water partition coefficient (Wildman–Crippen LogP) is 3.06. The van der Waals surface area contributed by atoms with Crippen molar-refractivity contribution in [3.63, 3.8) is 0 Å². The molecule has 1 fully saturated rings. The van der Waals surface area contributed by atoms with Crippen LogP contribution >= 0.6 is 11.8 Å². The Kier molecular flexibility index (Phi) is 5.71. The molecule has 1 aromatic carbocycles. The van der Waals surface area contributed by atoms with Crippen LogP contribution in [0.4, 0.5) is 0 Å². The largest absolute Gasteiger partial charge is 0.481 e. The number of carbonyl (C=O) groups is 2. The highest BCUT2D eigenvalue weighted by Crippen LogP contribution is 2.30. The molecule has 1 aliphatic rings. The van der Waals surface area contributed by atoms with Gasteiger partial charge in [0.15, 0.2) is 0 Å². The number of rotatable bonds is 8. The molecule has 0 spiro atoms. The third-order valence-electron chi connectivity index (χ3n) is 4.03. The number of thioether (sulfide) groups is 1. The third-order valence-corrected chi connectivity index (χ3v) is 4.94. The van der Waals surface area contributed by atoms with Gasteiger partial charge in [0.25, 0.3) is 0 Å². The molecule has 0 atom stereocenters. The van der Waals surface area contributed by atoms with Crippen molar-refractivity contribution >= 4 is 23.6 Å². The van der Waals surface area contributed by atoms with Crippen LogP contribution in [0.5, 0.6) is 0 Å². The van der Waals surface area contributed by atoms with Gasteiger partial charge in [-0.3, -0.25) is 14.6 Å². The zero-order chi connectivity index (χ0) is 17.6. The van der Waals surface area contributed by atoms with Crippen molar-refractivity contribution in [3.05, 3.63) is 54.4 Å². The molecule has 0 saturated heterocycles. The molecule has 1 saturated carbocycles. The van der Waals surface area contributed by atoms with Crippen molar-refractivity contribution < 1.29 is 14.7 Å². The minimum atomic E-state index is -0.889. The van der Waals surface area contributed by atoms with Gasteiger partial charge in [0.2, 0.25) is 5.91 Å². The summed E-state index contributed by atoms with van der Waals surface area (Å²) >= 11 is 1.15. The number of amides is 1. The first kappa shape index (κ1) is 17.5. The Bertz CT molecular complexity index is 747. The lowest BCUT2D eigenvalue weighted by atomic mass is 10.0. The Morgan fingerprint density at radius 1 is 1.16 bits per heavy atom. The molecule has 0 unspecified atom stereocenters. The minimum Gasteiger partial charge on any atom is -0.481 e. The number of nitrogens with zero attached hydrogens (tertiary/aromatic N) is 2. The second-order valence-corrected chi connectivity index (χ2v) is 7.07. The number of aromatic nitrogens is 1. The van der Waals surface area contributed by atoms with Gasteiger partial charge in [-0.15, -0.1) is 11.8 Å². The van der Waals surface area contributed by atoms with E-state index in [1.807, 2.05) is 41.4 Å². The van der Waals surface area contributed by atoms with Gasteiger partial charge in [-0.05, 0) is 41.7 Å². The summed E-state index contributed by atoms with van der Waals surface area (Å²) in [5.74, 6) is -0.702. The Labute approximate surface area is 151 Å². The van der Waals surface area contributed by atoms with E-state index in [0.29, 0.717) is 12.6 Å². The smallest absolute Gasteiger partial charge is 0.313 e. The van der Waals surface area contributed by atoms with Crippen LogP contribution in [0.25, 0.3) is 11.1 Å². The average Bonchev–Trinajstić information content (AvgIpc) is 3.45. The Morgan fingerprint density at radius 3 is 2.64 bits per heavy atom. The maximum Gasteiger partial charge on any atom is 0.313 e. The van der Waals surface area contributed by atoms with Crippen LogP contribution in [0, 0.1) is 0 Å². The normalized spacial score (nSPS) is 13.4. The maximum absolute atomic E-state index is 12.5. The maximum atomic E-state index is 12.5. The Balaban J connectivity index is 1.68. The van der Waals surface area contributed by atoms with E-state index in [0.717, 1.165) is 41.3 Å². The second kappa shape index (κ2) is 8.16. The molecule has 1 heterocycles. The van der Waals surface area contributed by atoms with Crippen LogP contribution in [-0.4, -0.2) is 44.4 Å². The molecule has 5 nitrogen and oxygen atoms in total. The molecule has 1 aliphatic carbocycles. The molecule has 1 amide bonds. The van der Waals surface area contributed by atoms with E-state index in [1.54, 1.807) is 6.20 Å². The van der Waals surface area contributed by atoms with Gasteiger partial charge in [0.05, 0.1) is 11.5 Å². The van der Waals surface area contributed by atoms with Gasteiger partial charge in [0.1, 0.15) is 0 Å². The molecule has 0 bridgehead atoms. The monoisotopic (exact) mass is 356 g/mol. The minimum absolute atomic E-state index is 0.0144. The molecule has 25 heavy (non-hydrogen) atoms. The lowest BCUT2D eigenvalue weighted by Crippen LogP contribution is -2.34. The molecule has 3 rings (SSSR count). The fourth-order valence-corrected chi connectivity index (χ4v) is 3.31. The molecular weight excluding hydrogens is 336 g/mol. The van der Waals surface area contributed by atoms with Gasteiger partial charge >= 0.3 is 5.97 Å². The van der Waals surface area contributed by atoms with Crippen molar-refractivity contribution in [1.82, 2.24) is 9.88 Å². The molecule has 1 aromatic heterocycles. The van der Waals surface area contributed by atoms with E-state index >= 15 is 0 Å². The first-order valence-electron chi connectivity index (χ1n) is 8.22. The van der Waals surface area contributed by atoms with E-state index in [9.17, 15) is 9.59 Å². The third kappa shape index (κ3) is 5.06. The first-order chi connectivity index (χ1) is 12.1. The van der Waals surface area contributed by atoms with Gasteiger partial charge < -0.3 is 10.0 Å². The SMILES string of the molecule is O=C(O)CSCC(=O)N(Cc1cccc(-c2cccnc2)c1)C1CC1. The second-order valence-electron chi connectivity index (χ2n) is 6.08. The van der Waals surface area contributed by atoms with Gasteiger partial charge in [0, 0.05) is 25.0 Å². The van der Waals surface area contributed by atoms with E-state index in [2.05, 4.69) is 11.1 Å². The average molecular weight is 356 g/mol. The number of aliphatic carboxylic acids is 1. The lowest BCUT2D eigenvalue weighted by Gasteiger charge is -2.22. The Hall–Kier alpha value is -2.34. The van der Waals surface area contributed by atoms with Crippen molar-refractivity contribution in [2.24, 2.45) is 0 Å². The summed E-state index contributed by atoms with van der Waals surface area (Å²) in [4.78, 5) is 29.1. The summed E-state index contributed by atoms with van der Waals surface area (Å²) in [5, 5.41) is 8.71. The highest BCUT2D eigenvalue weighted by molar-refractivity contribution is 8.00. The Morgan fingerprint density at radius 2 is 1.96 bits per heavy atom. The molecule has 6 heteroatoms. The zero-order valence-corrected chi connectivity index (χ0v) is 14.6. The molecule has 1 N–H and O–H groups in total. The van der Waals surface area contributed by atoms with Gasteiger partial charge in [-0.2, -0.15) is 0 Å². The van der Waals surface area contributed by atoms with Gasteiger partial charge in [-0.1, -0.05) is 24.3 Å². The predicted molar refractivity (Wildman–Crippen MR) is 98.2 cm³/mol. The van der Waals surface area contributed by atoms with E-state index in [4.69, 9.17) is 5.11 Å². The number of carboxylic acids is 1. The molecule has 0 radical (unpaired) electrons. The van der Waals surface area contributed by atoms with E-state index < -0.39 is 5.97 Å². The summed E-state index contributed by atoms with van der Waals surface area (Å²) in [6, 6.07) is 12.3. The van der Waals surface area contributed by atoms with Crippen LogP contribution in [0.1, 0.15) is 18.4 Å². The fourth-order valence-electron chi connectivity index (χ4n) is 2.70. The number of carboxylic acid groups (broad SMARTS) is 1. The summed E-state index contributed by atoms with van der Waals surface area (Å²) in [6.07, 6.45) is 5.62. The summed E-state index contributed by atoms with van der Waals surface area (Å²) in [6.45, 7) is 0.561. The van der Waals surface area contributed by atoms with Crippen molar-refractivity contribution in [1.29, 1.82) is 0 Å². The number of carbonyl (C=O) groups excluding carboxylic acids is 1. The topological polar surface area (TPSA) is 70.5 Å². The molecule has 130 valence electrons. The fraction of sp³-hybridized carbons (Fsp3) is 0.316. The summed E-state index contributed by atoms with van der Waals surface area (Å²) in [5.41, 5.74) is 3.20. The summed E-state index contributed by atoms with van der Waals surface area (Å²) < 4.78 is 0. The quantitative estimate of drug-likeness (QED) is 0.787. The number of pyridine rings is 1. The van der Waals surface area contributed by atoms with Crippen molar-refractivity contribution in [2.75, 3.05) is 11.5 Å². The van der Waals surface area contributed by atoms with Crippen LogP contribution in [0.15, 0.2) is 48.8 Å². The number of hydrogen-bond acceptors (Lipinski definition) is 4. The number of benzene rings is 1. The van der Waals surface area contributed by atoms with E-state index in [1.165, 1.54) is 0 Å². The molecule has 2 aromatic rings. The van der Waals surface area contributed by atoms with Crippen LogP contribution in [0.2, 0.25) is 0 Å².